The van der Waals surface area contributed by atoms with Crippen LogP contribution in [-0.4, -0.2) is 23.9 Å². The van der Waals surface area contributed by atoms with E-state index in [0.29, 0.717) is 11.8 Å². The lowest BCUT2D eigenvalue weighted by molar-refractivity contribution is 0.112. The first-order valence-electron chi connectivity index (χ1n) is 6.56. The van der Waals surface area contributed by atoms with Gasteiger partial charge >= 0.3 is 0 Å². The maximum Gasteiger partial charge on any atom is 0.263 e. The number of rotatable bonds is 2. The Kier molecular flexibility index (Phi) is 3.84. The Hall–Kier alpha value is -1.58. The molecule has 0 spiro atoms. The van der Waals surface area contributed by atoms with Crippen molar-refractivity contribution >= 4 is 12.0 Å². The molecule has 1 saturated heterocycles. The second-order valence-corrected chi connectivity index (χ2v) is 4.97. The minimum Gasteiger partial charge on any atom is -0.371 e. The van der Waals surface area contributed by atoms with Gasteiger partial charge in [-0.2, -0.15) is 0 Å². The zero-order valence-corrected chi connectivity index (χ0v) is 11.1. The molecule has 0 unspecified atom stereocenters. The average molecular weight is 248 g/mol. The van der Waals surface area contributed by atoms with Crippen molar-refractivity contribution < 1.29 is 4.79 Å². The summed E-state index contributed by atoms with van der Waals surface area (Å²) in [6.07, 6.45) is 5.43. The SMILES string of the molecule is Cc1cc(N2CCCCCC2)c(C=O)c(=O)n1C. The summed E-state index contributed by atoms with van der Waals surface area (Å²) in [7, 11) is 1.71. The number of nitrogens with zero attached hydrogens (tertiary/aromatic N) is 2. The molecule has 1 aliphatic rings. The Morgan fingerprint density at radius 2 is 1.78 bits per heavy atom. The van der Waals surface area contributed by atoms with Crippen molar-refractivity contribution in [2.75, 3.05) is 18.0 Å². The first kappa shape index (κ1) is 12.9. The summed E-state index contributed by atoms with van der Waals surface area (Å²) < 4.78 is 1.53. The van der Waals surface area contributed by atoms with Gasteiger partial charge in [-0.25, -0.2) is 0 Å². The van der Waals surface area contributed by atoms with Gasteiger partial charge in [0.25, 0.3) is 5.56 Å². The summed E-state index contributed by atoms with van der Waals surface area (Å²) in [5.41, 5.74) is 1.81. The number of hydrogen-bond acceptors (Lipinski definition) is 3. The topological polar surface area (TPSA) is 42.3 Å². The van der Waals surface area contributed by atoms with Crippen LogP contribution in [0.2, 0.25) is 0 Å². The first-order chi connectivity index (χ1) is 8.65. The summed E-state index contributed by atoms with van der Waals surface area (Å²) in [5, 5.41) is 0. The van der Waals surface area contributed by atoms with Gasteiger partial charge in [0.05, 0.1) is 5.69 Å². The van der Waals surface area contributed by atoms with E-state index in [9.17, 15) is 9.59 Å². The summed E-state index contributed by atoms with van der Waals surface area (Å²) in [6, 6.07) is 1.95. The molecule has 1 aromatic rings. The molecule has 4 nitrogen and oxygen atoms in total. The van der Waals surface area contributed by atoms with Crippen LogP contribution in [-0.2, 0) is 7.05 Å². The molecule has 98 valence electrons. The minimum atomic E-state index is -0.191. The van der Waals surface area contributed by atoms with E-state index in [2.05, 4.69) is 4.90 Å². The lowest BCUT2D eigenvalue weighted by Crippen LogP contribution is -2.31. The first-order valence-corrected chi connectivity index (χ1v) is 6.56. The van der Waals surface area contributed by atoms with Crippen LogP contribution in [0.5, 0.6) is 0 Å². The van der Waals surface area contributed by atoms with Crippen LogP contribution >= 0.6 is 0 Å². The summed E-state index contributed by atoms with van der Waals surface area (Å²) >= 11 is 0. The number of aldehydes is 1. The largest absolute Gasteiger partial charge is 0.371 e. The van der Waals surface area contributed by atoms with Gasteiger partial charge < -0.3 is 9.47 Å². The molecule has 0 aliphatic carbocycles. The monoisotopic (exact) mass is 248 g/mol. The lowest BCUT2D eigenvalue weighted by atomic mass is 10.2. The molecule has 1 aromatic heterocycles. The number of hydrogen-bond donors (Lipinski definition) is 0. The van der Waals surface area contributed by atoms with E-state index in [1.165, 1.54) is 17.4 Å². The van der Waals surface area contributed by atoms with Gasteiger partial charge in [-0.1, -0.05) is 12.8 Å². The van der Waals surface area contributed by atoms with Crippen LogP contribution in [0.15, 0.2) is 10.9 Å². The smallest absolute Gasteiger partial charge is 0.263 e. The quantitative estimate of drug-likeness (QED) is 0.751. The van der Waals surface area contributed by atoms with Crippen LogP contribution in [0, 0.1) is 6.92 Å². The maximum atomic E-state index is 12.1. The molecule has 0 saturated carbocycles. The third-order valence-electron chi connectivity index (χ3n) is 3.75. The van der Waals surface area contributed by atoms with E-state index in [0.717, 1.165) is 37.3 Å². The lowest BCUT2D eigenvalue weighted by Gasteiger charge is -2.24. The van der Waals surface area contributed by atoms with Crippen molar-refractivity contribution in [3.63, 3.8) is 0 Å². The highest BCUT2D eigenvalue weighted by atomic mass is 16.1. The molecule has 0 bridgehead atoms. The van der Waals surface area contributed by atoms with Gasteiger partial charge in [-0.05, 0) is 25.8 Å². The van der Waals surface area contributed by atoms with Crippen molar-refractivity contribution in [1.29, 1.82) is 0 Å². The molecular weight excluding hydrogens is 228 g/mol. The van der Waals surface area contributed by atoms with Gasteiger partial charge in [-0.15, -0.1) is 0 Å². The molecular formula is C14H20N2O2. The van der Waals surface area contributed by atoms with Gasteiger partial charge in [0, 0.05) is 25.8 Å². The molecule has 2 heterocycles. The van der Waals surface area contributed by atoms with Crippen molar-refractivity contribution in [3.05, 3.63) is 27.7 Å². The summed E-state index contributed by atoms with van der Waals surface area (Å²) in [5.74, 6) is 0. The average Bonchev–Trinajstić information content (AvgIpc) is 2.64. The van der Waals surface area contributed by atoms with E-state index in [4.69, 9.17) is 0 Å². The van der Waals surface area contributed by atoms with E-state index < -0.39 is 0 Å². The van der Waals surface area contributed by atoms with Crippen molar-refractivity contribution in [3.8, 4) is 0 Å². The van der Waals surface area contributed by atoms with E-state index in [-0.39, 0.29) is 5.56 Å². The van der Waals surface area contributed by atoms with Crippen molar-refractivity contribution in [2.45, 2.75) is 32.6 Å². The third kappa shape index (κ3) is 2.33. The fourth-order valence-corrected chi connectivity index (χ4v) is 2.51. The Balaban J connectivity index is 2.48. The Labute approximate surface area is 107 Å². The molecule has 1 aliphatic heterocycles. The highest BCUT2D eigenvalue weighted by molar-refractivity contribution is 5.84. The van der Waals surface area contributed by atoms with E-state index in [1.807, 2.05) is 13.0 Å². The van der Waals surface area contributed by atoms with Crippen LogP contribution in [0.4, 0.5) is 5.69 Å². The fraction of sp³-hybridized carbons (Fsp3) is 0.571. The zero-order valence-electron chi connectivity index (χ0n) is 11.1. The minimum absolute atomic E-state index is 0.191. The Morgan fingerprint density at radius 3 is 2.33 bits per heavy atom. The molecule has 4 heteroatoms. The third-order valence-corrected chi connectivity index (χ3v) is 3.75. The number of carbonyl (C=O) groups excluding carboxylic acids is 1. The van der Waals surface area contributed by atoms with Crippen molar-refractivity contribution in [1.82, 2.24) is 4.57 Å². The molecule has 1 fully saturated rings. The van der Waals surface area contributed by atoms with Crippen LogP contribution in [0.1, 0.15) is 41.7 Å². The zero-order chi connectivity index (χ0) is 13.1. The van der Waals surface area contributed by atoms with E-state index >= 15 is 0 Å². The Bertz CT molecular complexity index is 497. The molecule has 18 heavy (non-hydrogen) atoms. The second-order valence-electron chi connectivity index (χ2n) is 4.97. The van der Waals surface area contributed by atoms with Crippen LogP contribution in [0.3, 0.4) is 0 Å². The molecule has 0 aromatic carbocycles. The maximum absolute atomic E-state index is 12.1. The number of aryl methyl sites for hydroxylation is 1. The van der Waals surface area contributed by atoms with Crippen LogP contribution in [0.25, 0.3) is 0 Å². The highest BCUT2D eigenvalue weighted by Gasteiger charge is 2.17. The number of anilines is 1. The highest BCUT2D eigenvalue weighted by Crippen LogP contribution is 2.21. The number of carbonyl (C=O) groups is 1. The predicted molar refractivity (Wildman–Crippen MR) is 72.5 cm³/mol. The number of aromatic nitrogens is 1. The standard InChI is InChI=1S/C14H20N2O2/c1-11-9-13(12(10-17)14(18)15(11)2)16-7-5-3-4-6-8-16/h9-10H,3-8H2,1-2H3. The second kappa shape index (κ2) is 5.38. The van der Waals surface area contributed by atoms with E-state index in [1.54, 1.807) is 7.05 Å². The van der Waals surface area contributed by atoms with Gasteiger partial charge in [0.2, 0.25) is 0 Å². The fourth-order valence-electron chi connectivity index (χ4n) is 2.51. The van der Waals surface area contributed by atoms with Gasteiger partial charge in [0.15, 0.2) is 6.29 Å². The predicted octanol–water partition coefficient (Wildman–Crippen LogP) is 1.89. The molecule has 0 radical (unpaired) electrons. The van der Waals surface area contributed by atoms with Gasteiger partial charge in [-0.3, -0.25) is 9.59 Å². The summed E-state index contributed by atoms with van der Waals surface area (Å²) in [6.45, 7) is 3.78. The molecule has 0 amide bonds. The van der Waals surface area contributed by atoms with Crippen LogP contribution < -0.4 is 10.5 Å². The molecule has 0 N–H and O–H groups in total. The Morgan fingerprint density at radius 1 is 1.17 bits per heavy atom. The molecule has 0 atom stereocenters. The van der Waals surface area contributed by atoms with Crippen molar-refractivity contribution in [2.24, 2.45) is 7.05 Å². The normalized spacial score (nSPS) is 16.4. The molecule has 2 rings (SSSR count). The summed E-state index contributed by atoms with van der Waals surface area (Å²) in [4.78, 5) is 25.5. The van der Waals surface area contributed by atoms with Gasteiger partial charge in [0.1, 0.15) is 5.56 Å². The number of pyridine rings is 1.